The minimum Gasteiger partial charge on any atom is -0.320 e. The molecule has 1 aromatic carbocycles. The molecule has 0 radical (unpaired) electrons. The summed E-state index contributed by atoms with van der Waals surface area (Å²) in [5.74, 6) is 1.05. The van der Waals surface area contributed by atoms with Gasteiger partial charge in [-0.25, -0.2) is 31.8 Å². The fraction of sp³-hybridized carbons (Fsp3) is 0.500. The van der Waals surface area contributed by atoms with Crippen LogP contribution in [0.5, 0.6) is 0 Å². The summed E-state index contributed by atoms with van der Waals surface area (Å²) in [5, 5.41) is 8.30. The minimum absolute atomic E-state index is 0.0487. The van der Waals surface area contributed by atoms with Gasteiger partial charge in [0.05, 0.1) is 28.9 Å². The summed E-state index contributed by atoms with van der Waals surface area (Å²) in [6.45, 7) is 1.06. The van der Waals surface area contributed by atoms with Crippen LogP contribution in [-0.2, 0) is 16.4 Å². The molecule has 1 N–H and O–H groups in total. The van der Waals surface area contributed by atoms with Gasteiger partial charge in [0, 0.05) is 22.6 Å². The van der Waals surface area contributed by atoms with Crippen molar-refractivity contribution in [1.29, 1.82) is 0 Å². The number of sulfone groups is 1. The predicted octanol–water partition coefficient (Wildman–Crippen LogP) is 4.51. The summed E-state index contributed by atoms with van der Waals surface area (Å²) < 4.78 is 50.0. The molecule has 2 aliphatic heterocycles. The van der Waals surface area contributed by atoms with E-state index in [4.69, 9.17) is 23.2 Å². The third kappa shape index (κ3) is 5.37. The Labute approximate surface area is 211 Å². The first-order chi connectivity index (χ1) is 16.7. The van der Waals surface area contributed by atoms with E-state index in [0.29, 0.717) is 22.6 Å². The maximum absolute atomic E-state index is 12.7. The second kappa shape index (κ2) is 9.76. The molecule has 8 nitrogen and oxygen atoms in total. The van der Waals surface area contributed by atoms with E-state index in [1.807, 2.05) is 12.1 Å². The number of anilines is 2. The molecular weight excluding hydrogens is 521 g/mol. The van der Waals surface area contributed by atoms with Crippen molar-refractivity contribution in [2.24, 2.45) is 0 Å². The third-order valence-corrected chi connectivity index (χ3v) is 9.20. The Kier molecular flexibility index (Phi) is 6.86. The number of nitrogens with zero attached hydrogens (tertiary/aromatic N) is 5. The molecule has 35 heavy (non-hydrogen) atoms. The summed E-state index contributed by atoms with van der Waals surface area (Å²) in [6.07, 6.45) is 2.91. The van der Waals surface area contributed by atoms with Crippen LogP contribution < -0.4 is 5.32 Å². The quantitative estimate of drug-likeness (QED) is 0.488. The number of nitrogens with one attached hydrogen (secondary N) is 1. The van der Waals surface area contributed by atoms with Crippen molar-refractivity contribution in [3.8, 4) is 0 Å². The molecule has 3 aromatic rings. The molecule has 0 bridgehead atoms. The van der Waals surface area contributed by atoms with Gasteiger partial charge in [-0.05, 0) is 56.0 Å². The van der Waals surface area contributed by atoms with Crippen LogP contribution in [0, 0.1) is 0 Å². The molecule has 13 heteroatoms. The van der Waals surface area contributed by atoms with Crippen LogP contribution in [-0.4, -0.2) is 70.1 Å². The standard InChI is InChI=1S/C22H24Cl2F2N6O2S/c23-17-7-14-9-27-22(30-19-10-28-32(21(19)24)11-20(25)26)29-18(14)8-16(17)13-1-4-31(5-2-13)15-3-6-35(33,34)12-15/h7-10,13,15,20H,1-6,11-12H2,(H,27,29,30)/t15-/m1/s1. The van der Waals surface area contributed by atoms with Crippen LogP contribution in [0.25, 0.3) is 10.9 Å². The van der Waals surface area contributed by atoms with Gasteiger partial charge in [0.2, 0.25) is 5.95 Å². The van der Waals surface area contributed by atoms with Crippen LogP contribution in [0.1, 0.15) is 30.7 Å². The van der Waals surface area contributed by atoms with Gasteiger partial charge >= 0.3 is 0 Å². The SMILES string of the molecule is O=S1(=O)CC[C@@H](N2CCC(c3cc4nc(Nc5cnn(CC(F)F)c5Cl)ncc4cc3Cl)CC2)C1. The van der Waals surface area contributed by atoms with Crippen LogP contribution >= 0.6 is 23.2 Å². The summed E-state index contributed by atoms with van der Waals surface area (Å²) in [5.41, 5.74) is 2.04. The smallest absolute Gasteiger partial charge is 0.257 e. The van der Waals surface area contributed by atoms with Crippen molar-refractivity contribution >= 4 is 55.6 Å². The van der Waals surface area contributed by atoms with Gasteiger partial charge in [-0.1, -0.05) is 23.2 Å². The Morgan fingerprint density at radius 1 is 1.14 bits per heavy atom. The maximum Gasteiger partial charge on any atom is 0.257 e. The first-order valence-corrected chi connectivity index (χ1v) is 13.9. The average molecular weight is 545 g/mol. The lowest BCUT2D eigenvalue weighted by Gasteiger charge is -2.36. The lowest BCUT2D eigenvalue weighted by molar-refractivity contribution is 0.122. The van der Waals surface area contributed by atoms with Gasteiger partial charge < -0.3 is 5.32 Å². The average Bonchev–Trinajstić information content (AvgIpc) is 3.35. The van der Waals surface area contributed by atoms with E-state index in [9.17, 15) is 17.2 Å². The Morgan fingerprint density at radius 2 is 1.91 bits per heavy atom. The third-order valence-electron chi connectivity index (χ3n) is 6.72. The summed E-state index contributed by atoms with van der Waals surface area (Å²) in [4.78, 5) is 11.1. The van der Waals surface area contributed by atoms with Gasteiger partial charge in [0.25, 0.3) is 6.43 Å². The Bertz CT molecular complexity index is 1350. The van der Waals surface area contributed by atoms with Crippen molar-refractivity contribution in [2.75, 3.05) is 29.9 Å². The first-order valence-electron chi connectivity index (χ1n) is 11.4. The highest BCUT2D eigenvalue weighted by atomic mass is 35.5. The number of halogens is 4. The number of hydrogen-bond acceptors (Lipinski definition) is 7. The lowest BCUT2D eigenvalue weighted by atomic mass is 9.88. The molecule has 2 saturated heterocycles. The highest BCUT2D eigenvalue weighted by Gasteiger charge is 2.34. The van der Waals surface area contributed by atoms with E-state index in [-0.39, 0.29) is 34.6 Å². The normalized spacial score (nSPS) is 21.2. The van der Waals surface area contributed by atoms with Gasteiger partial charge in [0.15, 0.2) is 15.0 Å². The molecule has 0 amide bonds. The number of aromatic nitrogens is 4. The predicted molar refractivity (Wildman–Crippen MR) is 132 cm³/mol. The van der Waals surface area contributed by atoms with Gasteiger partial charge in [0.1, 0.15) is 6.54 Å². The molecule has 1 atom stereocenters. The second-order valence-electron chi connectivity index (χ2n) is 9.04. The molecule has 0 spiro atoms. The van der Waals surface area contributed by atoms with E-state index in [1.165, 1.54) is 6.20 Å². The number of fused-ring (bicyclic) bond motifs is 1. The molecule has 2 aliphatic rings. The van der Waals surface area contributed by atoms with Gasteiger partial charge in [-0.15, -0.1) is 0 Å². The number of piperidine rings is 1. The fourth-order valence-corrected chi connectivity index (χ4v) is 7.21. The molecular formula is C22H24Cl2F2N6O2S. The number of alkyl halides is 2. The van der Waals surface area contributed by atoms with Crippen molar-refractivity contribution in [1.82, 2.24) is 24.6 Å². The molecule has 0 saturated carbocycles. The molecule has 0 unspecified atom stereocenters. The van der Waals surface area contributed by atoms with E-state index in [1.54, 1.807) is 6.20 Å². The van der Waals surface area contributed by atoms with E-state index < -0.39 is 22.8 Å². The van der Waals surface area contributed by atoms with Crippen LogP contribution in [0.3, 0.4) is 0 Å². The molecule has 0 aliphatic carbocycles. The number of rotatable bonds is 6. The van der Waals surface area contributed by atoms with Crippen molar-refractivity contribution in [3.63, 3.8) is 0 Å². The van der Waals surface area contributed by atoms with Crippen LogP contribution in [0.2, 0.25) is 10.2 Å². The van der Waals surface area contributed by atoms with Crippen LogP contribution in [0.4, 0.5) is 20.4 Å². The van der Waals surface area contributed by atoms with Crippen LogP contribution in [0.15, 0.2) is 24.5 Å². The lowest BCUT2D eigenvalue weighted by Crippen LogP contribution is -2.41. The van der Waals surface area contributed by atoms with Crippen molar-refractivity contribution < 1.29 is 17.2 Å². The van der Waals surface area contributed by atoms with Gasteiger partial charge in [-0.2, -0.15) is 5.10 Å². The summed E-state index contributed by atoms with van der Waals surface area (Å²) in [7, 11) is -2.90. The summed E-state index contributed by atoms with van der Waals surface area (Å²) >= 11 is 12.8. The Hall–Kier alpha value is -2.08. The number of likely N-dealkylation sites (tertiary alicyclic amines) is 1. The largest absolute Gasteiger partial charge is 0.320 e. The number of hydrogen-bond donors (Lipinski definition) is 1. The topological polar surface area (TPSA) is 93.0 Å². The van der Waals surface area contributed by atoms with Crippen molar-refractivity contribution in [3.05, 3.63) is 40.3 Å². The minimum atomic E-state index is -2.90. The van der Waals surface area contributed by atoms with Gasteiger partial charge in [-0.3, -0.25) is 4.90 Å². The van der Waals surface area contributed by atoms with Crippen molar-refractivity contribution in [2.45, 2.75) is 44.2 Å². The Balaban J connectivity index is 1.31. The molecule has 4 heterocycles. The monoisotopic (exact) mass is 544 g/mol. The zero-order chi connectivity index (χ0) is 24.7. The summed E-state index contributed by atoms with van der Waals surface area (Å²) in [6, 6.07) is 3.93. The second-order valence-corrected chi connectivity index (χ2v) is 12.0. The molecule has 188 valence electrons. The maximum atomic E-state index is 12.7. The molecule has 2 fully saturated rings. The van der Waals surface area contributed by atoms with E-state index in [0.717, 1.165) is 41.6 Å². The Morgan fingerprint density at radius 3 is 2.60 bits per heavy atom. The molecule has 2 aromatic heterocycles. The highest BCUT2D eigenvalue weighted by Crippen LogP contribution is 2.36. The zero-order valence-electron chi connectivity index (χ0n) is 18.7. The highest BCUT2D eigenvalue weighted by molar-refractivity contribution is 7.91. The molecule has 5 rings (SSSR count). The van der Waals surface area contributed by atoms with E-state index in [2.05, 4.69) is 25.3 Å². The number of benzene rings is 1. The zero-order valence-corrected chi connectivity index (χ0v) is 21.0. The fourth-order valence-electron chi connectivity index (χ4n) is 4.91. The van der Waals surface area contributed by atoms with E-state index >= 15 is 0 Å². The first kappa shape index (κ1) is 24.6.